The molecule has 4 nitrogen and oxygen atoms in total. The summed E-state index contributed by atoms with van der Waals surface area (Å²) in [5.41, 5.74) is 3.75. The van der Waals surface area contributed by atoms with Crippen LogP contribution < -0.4 is 10.6 Å². The van der Waals surface area contributed by atoms with Gasteiger partial charge in [-0.3, -0.25) is 5.32 Å². The Hall–Kier alpha value is -2.89. The Bertz CT molecular complexity index is 1070. The standard InChI is InChI=1S/C22H18ClN3OS/c1-14-17(23)12-13-18-19(14)25-22(28-18)26-21(27)24-20(15-8-4-2-5-9-15)16-10-6-3-7-11-16/h2-13,20H,1H3,(H2,24,25,26,27). The quantitative estimate of drug-likeness (QED) is 0.425. The summed E-state index contributed by atoms with van der Waals surface area (Å²) in [6.45, 7) is 1.93. The highest BCUT2D eigenvalue weighted by Gasteiger charge is 2.18. The Morgan fingerprint density at radius 2 is 1.57 bits per heavy atom. The third-order valence-corrected chi connectivity index (χ3v) is 5.86. The van der Waals surface area contributed by atoms with Gasteiger partial charge in [0.15, 0.2) is 5.13 Å². The number of halogens is 1. The second kappa shape index (κ2) is 8.00. The fourth-order valence-corrected chi connectivity index (χ4v) is 4.14. The summed E-state index contributed by atoms with van der Waals surface area (Å²) >= 11 is 7.60. The van der Waals surface area contributed by atoms with Crippen LogP contribution in [-0.4, -0.2) is 11.0 Å². The smallest absolute Gasteiger partial charge is 0.321 e. The van der Waals surface area contributed by atoms with Gasteiger partial charge in [0.25, 0.3) is 0 Å². The van der Waals surface area contributed by atoms with Gasteiger partial charge in [0, 0.05) is 5.02 Å². The summed E-state index contributed by atoms with van der Waals surface area (Å²) in [6.07, 6.45) is 0. The zero-order chi connectivity index (χ0) is 19.5. The lowest BCUT2D eigenvalue weighted by Gasteiger charge is -2.19. The molecule has 0 saturated heterocycles. The molecule has 0 aliphatic rings. The van der Waals surface area contributed by atoms with E-state index in [-0.39, 0.29) is 12.1 Å². The van der Waals surface area contributed by atoms with Gasteiger partial charge in [0.05, 0.1) is 16.3 Å². The molecular weight excluding hydrogens is 390 g/mol. The van der Waals surface area contributed by atoms with Gasteiger partial charge in [-0.1, -0.05) is 83.6 Å². The zero-order valence-corrected chi connectivity index (χ0v) is 16.7. The number of rotatable bonds is 4. The minimum atomic E-state index is -0.305. The predicted molar refractivity (Wildman–Crippen MR) is 116 cm³/mol. The van der Waals surface area contributed by atoms with E-state index in [1.165, 1.54) is 11.3 Å². The van der Waals surface area contributed by atoms with Crippen LogP contribution in [0, 0.1) is 6.92 Å². The van der Waals surface area contributed by atoms with Crippen LogP contribution in [0.1, 0.15) is 22.7 Å². The lowest BCUT2D eigenvalue weighted by Crippen LogP contribution is -2.33. The number of nitrogens with one attached hydrogen (secondary N) is 2. The van der Waals surface area contributed by atoms with Crippen LogP contribution >= 0.6 is 22.9 Å². The second-order valence-corrected chi connectivity index (χ2v) is 7.83. The summed E-state index contributed by atoms with van der Waals surface area (Å²) in [6, 6.07) is 23.0. The maximum Gasteiger partial charge on any atom is 0.321 e. The number of benzene rings is 3. The Morgan fingerprint density at radius 1 is 0.964 bits per heavy atom. The van der Waals surface area contributed by atoms with Crippen LogP contribution in [0.4, 0.5) is 9.93 Å². The molecule has 28 heavy (non-hydrogen) atoms. The van der Waals surface area contributed by atoms with E-state index in [4.69, 9.17) is 11.6 Å². The lowest BCUT2D eigenvalue weighted by molar-refractivity contribution is 0.250. The predicted octanol–water partition coefficient (Wildman–Crippen LogP) is 6.17. The molecule has 3 aromatic carbocycles. The number of thiazole rings is 1. The number of aryl methyl sites for hydroxylation is 1. The highest BCUT2D eigenvalue weighted by Crippen LogP contribution is 2.31. The van der Waals surface area contributed by atoms with Crippen LogP contribution in [0.5, 0.6) is 0 Å². The number of amides is 2. The van der Waals surface area contributed by atoms with Crippen LogP contribution in [0.2, 0.25) is 5.02 Å². The van der Waals surface area contributed by atoms with Crippen molar-refractivity contribution in [1.29, 1.82) is 0 Å². The molecule has 1 heterocycles. The molecule has 0 spiro atoms. The van der Waals surface area contributed by atoms with E-state index in [9.17, 15) is 4.79 Å². The van der Waals surface area contributed by atoms with Crippen LogP contribution in [-0.2, 0) is 0 Å². The number of anilines is 1. The first-order chi connectivity index (χ1) is 13.6. The van der Waals surface area contributed by atoms with Gasteiger partial charge in [-0.15, -0.1) is 0 Å². The average Bonchev–Trinajstić information content (AvgIpc) is 3.13. The van der Waals surface area contributed by atoms with Crippen molar-refractivity contribution in [3.05, 3.63) is 94.5 Å². The van der Waals surface area contributed by atoms with E-state index in [0.29, 0.717) is 10.2 Å². The molecule has 4 rings (SSSR count). The maximum atomic E-state index is 12.7. The molecule has 6 heteroatoms. The summed E-state index contributed by atoms with van der Waals surface area (Å²) in [7, 11) is 0. The number of carbonyl (C=O) groups is 1. The SMILES string of the molecule is Cc1c(Cl)ccc2sc(NC(=O)NC(c3ccccc3)c3ccccc3)nc12. The van der Waals surface area contributed by atoms with Gasteiger partial charge in [0.2, 0.25) is 0 Å². The number of aromatic nitrogens is 1. The van der Waals surface area contributed by atoms with E-state index in [1.807, 2.05) is 79.7 Å². The molecule has 0 saturated carbocycles. The number of nitrogens with zero attached hydrogens (tertiary/aromatic N) is 1. The second-order valence-electron chi connectivity index (χ2n) is 6.39. The van der Waals surface area contributed by atoms with Crippen molar-refractivity contribution in [1.82, 2.24) is 10.3 Å². The van der Waals surface area contributed by atoms with Gasteiger partial charge in [-0.05, 0) is 35.7 Å². The van der Waals surface area contributed by atoms with Crippen molar-refractivity contribution in [3.8, 4) is 0 Å². The molecule has 0 bridgehead atoms. The van der Waals surface area contributed by atoms with E-state index in [1.54, 1.807) is 0 Å². The number of carbonyl (C=O) groups excluding carboxylic acids is 1. The number of urea groups is 1. The largest absolute Gasteiger partial charge is 0.327 e. The molecule has 140 valence electrons. The van der Waals surface area contributed by atoms with Crippen molar-refractivity contribution < 1.29 is 4.79 Å². The fraction of sp³-hybridized carbons (Fsp3) is 0.0909. The van der Waals surface area contributed by atoms with Gasteiger partial charge in [-0.25, -0.2) is 9.78 Å². The highest BCUT2D eigenvalue weighted by atomic mass is 35.5. The highest BCUT2D eigenvalue weighted by molar-refractivity contribution is 7.22. The van der Waals surface area contributed by atoms with Crippen LogP contribution in [0.3, 0.4) is 0 Å². The van der Waals surface area contributed by atoms with Crippen molar-refractivity contribution in [3.63, 3.8) is 0 Å². The first-order valence-electron chi connectivity index (χ1n) is 8.85. The molecule has 2 amide bonds. The van der Waals surface area contributed by atoms with Gasteiger partial charge >= 0.3 is 6.03 Å². The van der Waals surface area contributed by atoms with Crippen molar-refractivity contribution in [2.45, 2.75) is 13.0 Å². The van der Waals surface area contributed by atoms with E-state index < -0.39 is 0 Å². The van der Waals surface area contributed by atoms with Gasteiger partial charge in [-0.2, -0.15) is 0 Å². The van der Waals surface area contributed by atoms with Gasteiger partial charge in [0.1, 0.15) is 0 Å². The molecule has 4 aromatic rings. The Kier molecular flexibility index (Phi) is 5.28. The third-order valence-electron chi connectivity index (χ3n) is 4.51. The van der Waals surface area contributed by atoms with Crippen molar-refractivity contribution in [2.75, 3.05) is 5.32 Å². The first-order valence-corrected chi connectivity index (χ1v) is 10.0. The van der Waals surface area contributed by atoms with Crippen molar-refractivity contribution >= 4 is 44.3 Å². The Balaban J connectivity index is 1.58. The molecule has 0 radical (unpaired) electrons. The Morgan fingerprint density at radius 3 is 2.18 bits per heavy atom. The summed E-state index contributed by atoms with van der Waals surface area (Å²) in [5.74, 6) is 0. The molecule has 2 N–H and O–H groups in total. The molecule has 1 aromatic heterocycles. The normalized spacial score (nSPS) is 11.0. The van der Waals surface area contributed by atoms with Gasteiger partial charge < -0.3 is 5.32 Å². The summed E-state index contributed by atoms with van der Waals surface area (Å²) in [4.78, 5) is 17.2. The molecule has 0 unspecified atom stereocenters. The zero-order valence-electron chi connectivity index (χ0n) is 15.1. The lowest BCUT2D eigenvalue weighted by atomic mass is 9.99. The van der Waals surface area contributed by atoms with Crippen LogP contribution in [0.25, 0.3) is 10.2 Å². The summed E-state index contributed by atoms with van der Waals surface area (Å²) < 4.78 is 0.986. The topological polar surface area (TPSA) is 54.0 Å². The maximum absolute atomic E-state index is 12.7. The molecule has 0 aliphatic heterocycles. The molecule has 0 atom stereocenters. The average molecular weight is 408 g/mol. The van der Waals surface area contributed by atoms with Crippen molar-refractivity contribution in [2.24, 2.45) is 0 Å². The number of hydrogen-bond donors (Lipinski definition) is 2. The van der Waals surface area contributed by atoms with E-state index in [0.717, 1.165) is 26.9 Å². The molecule has 0 fully saturated rings. The minimum Gasteiger partial charge on any atom is -0.327 e. The molecular formula is C22H18ClN3OS. The number of fused-ring (bicyclic) bond motifs is 1. The number of hydrogen-bond acceptors (Lipinski definition) is 3. The fourth-order valence-electron chi connectivity index (χ4n) is 3.07. The molecule has 0 aliphatic carbocycles. The summed E-state index contributed by atoms with van der Waals surface area (Å²) in [5, 5.41) is 7.13. The van der Waals surface area contributed by atoms with Crippen LogP contribution in [0.15, 0.2) is 72.8 Å². The Labute approximate surface area is 172 Å². The first kappa shape index (κ1) is 18.5. The minimum absolute atomic E-state index is 0.257. The monoisotopic (exact) mass is 407 g/mol. The van der Waals surface area contributed by atoms with E-state index in [2.05, 4.69) is 15.6 Å². The third kappa shape index (κ3) is 3.86. The van der Waals surface area contributed by atoms with E-state index >= 15 is 0 Å².